The van der Waals surface area contributed by atoms with Crippen molar-refractivity contribution < 1.29 is 14.6 Å². The fourth-order valence-corrected chi connectivity index (χ4v) is 2.34. The number of benzene rings is 1. The van der Waals surface area contributed by atoms with Crippen molar-refractivity contribution in [3.05, 3.63) is 29.8 Å². The molecule has 106 valence electrons. The number of hydrogen-bond donors (Lipinski definition) is 2. The van der Waals surface area contributed by atoms with Crippen LogP contribution in [0.15, 0.2) is 24.3 Å². The van der Waals surface area contributed by atoms with Crippen molar-refractivity contribution in [3.8, 4) is 5.75 Å². The Morgan fingerprint density at radius 1 is 1.53 bits per heavy atom. The summed E-state index contributed by atoms with van der Waals surface area (Å²) in [6.45, 7) is 6.47. The summed E-state index contributed by atoms with van der Waals surface area (Å²) < 4.78 is 10.9. The fraction of sp³-hybridized carbons (Fsp3) is 0.600. The van der Waals surface area contributed by atoms with E-state index in [4.69, 9.17) is 9.47 Å². The van der Waals surface area contributed by atoms with Gasteiger partial charge in [-0.25, -0.2) is 0 Å². The largest absolute Gasteiger partial charge is 0.494 e. The fourth-order valence-electron chi connectivity index (χ4n) is 2.34. The second-order valence-corrected chi connectivity index (χ2v) is 5.05. The van der Waals surface area contributed by atoms with Gasteiger partial charge in [0.2, 0.25) is 0 Å². The monoisotopic (exact) mass is 265 g/mol. The van der Waals surface area contributed by atoms with Crippen molar-refractivity contribution in [3.63, 3.8) is 0 Å². The van der Waals surface area contributed by atoms with Gasteiger partial charge in [0.15, 0.2) is 0 Å². The summed E-state index contributed by atoms with van der Waals surface area (Å²) in [5.74, 6) is 0.887. The lowest BCUT2D eigenvalue weighted by atomic mass is 9.96. The molecule has 0 spiro atoms. The molecule has 2 rings (SSSR count). The molecule has 4 nitrogen and oxygen atoms in total. The highest BCUT2D eigenvalue weighted by Gasteiger charge is 2.38. The quantitative estimate of drug-likeness (QED) is 0.822. The maximum absolute atomic E-state index is 10.4. The van der Waals surface area contributed by atoms with Gasteiger partial charge in [-0.1, -0.05) is 12.1 Å². The highest BCUT2D eigenvalue weighted by Crippen LogP contribution is 2.24. The normalized spacial score (nSPS) is 26.6. The second-order valence-electron chi connectivity index (χ2n) is 5.05. The molecular weight excluding hydrogens is 242 g/mol. The Labute approximate surface area is 114 Å². The zero-order valence-electron chi connectivity index (χ0n) is 11.7. The molecule has 0 radical (unpaired) electrons. The molecule has 19 heavy (non-hydrogen) atoms. The summed E-state index contributed by atoms with van der Waals surface area (Å²) in [7, 11) is 0. The molecule has 2 unspecified atom stereocenters. The van der Waals surface area contributed by atoms with E-state index in [1.165, 1.54) is 0 Å². The van der Waals surface area contributed by atoms with Gasteiger partial charge in [0.1, 0.15) is 11.4 Å². The van der Waals surface area contributed by atoms with Crippen molar-refractivity contribution in [1.29, 1.82) is 0 Å². The lowest BCUT2D eigenvalue weighted by Gasteiger charge is -2.26. The molecule has 1 aromatic rings. The number of nitrogens with one attached hydrogen (secondary N) is 1. The molecule has 0 aromatic heterocycles. The molecule has 1 saturated heterocycles. The average Bonchev–Trinajstić information content (AvgIpc) is 2.71. The second kappa shape index (κ2) is 6.37. The molecule has 1 aliphatic rings. The zero-order chi connectivity index (χ0) is 13.7. The summed E-state index contributed by atoms with van der Waals surface area (Å²) in [4.78, 5) is 0. The van der Waals surface area contributed by atoms with Crippen LogP contribution >= 0.6 is 0 Å². The first-order valence-corrected chi connectivity index (χ1v) is 6.90. The Morgan fingerprint density at radius 3 is 3.05 bits per heavy atom. The van der Waals surface area contributed by atoms with Crippen molar-refractivity contribution in [2.24, 2.45) is 0 Å². The predicted octanol–water partition coefficient (Wildman–Crippen LogP) is 1.71. The van der Waals surface area contributed by atoms with Crippen LogP contribution < -0.4 is 10.1 Å². The molecule has 1 aliphatic heterocycles. The van der Waals surface area contributed by atoms with Gasteiger partial charge in [0.25, 0.3) is 0 Å². The van der Waals surface area contributed by atoms with Crippen LogP contribution in [0.1, 0.15) is 25.8 Å². The van der Waals surface area contributed by atoms with Crippen LogP contribution in [0, 0.1) is 0 Å². The van der Waals surface area contributed by atoms with E-state index in [2.05, 4.69) is 5.32 Å². The summed E-state index contributed by atoms with van der Waals surface area (Å²) in [6, 6.07) is 8.01. The molecule has 0 saturated carbocycles. The third kappa shape index (κ3) is 3.69. The third-order valence-electron chi connectivity index (χ3n) is 3.63. The van der Waals surface area contributed by atoms with Crippen LogP contribution in [0.4, 0.5) is 0 Å². The Hall–Kier alpha value is -1.10. The molecule has 1 heterocycles. The van der Waals surface area contributed by atoms with Crippen LogP contribution in [0.5, 0.6) is 5.75 Å². The standard InChI is InChI=1S/C15H23NO3/c1-3-18-14-6-4-5-13(9-14)10-16-11-15(17)7-8-19-12(15)2/h4-6,9,12,16-17H,3,7-8,10-11H2,1-2H3. The lowest BCUT2D eigenvalue weighted by molar-refractivity contribution is -0.0262. The van der Waals surface area contributed by atoms with Crippen molar-refractivity contribution in [2.75, 3.05) is 19.8 Å². The van der Waals surface area contributed by atoms with Gasteiger partial charge in [0.05, 0.1) is 12.7 Å². The Kier molecular flexibility index (Phi) is 4.80. The third-order valence-corrected chi connectivity index (χ3v) is 3.63. The smallest absolute Gasteiger partial charge is 0.119 e. The van der Waals surface area contributed by atoms with Crippen molar-refractivity contribution >= 4 is 0 Å². The van der Waals surface area contributed by atoms with Gasteiger partial charge >= 0.3 is 0 Å². The number of aliphatic hydroxyl groups is 1. The van der Waals surface area contributed by atoms with Crippen molar-refractivity contribution in [2.45, 2.75) is 38.5 Å². The van der Waals surface area contributed by atoms with Crippen LogP contribution in [-0.4, -0.2) is 36.6 Å². The van der Waals surface area contributed by atoms with Crippen molar-refractivity contribution in [1.82, 2.24) is 5.32 Å². The van der Waals surface area contributed by atoms with E-state index in [9.17, 15) is 5.11 Å². The molecule has 1 aromatic carbocycles. The van der Waals surface area contributed by atoms with Gasteiger partial charge < -0.3 is 19.9 Å². The molecule has 2 N–H and O–H groups in total. The van der Waals surface area contributed by atoms with Crippen LogP contribution in [0.2, 0.25) is 0 Å². The predicted molar refractivity (Wildman–Crippen MR) is 74.3 cm³/mol. The molecular formula is C15H23NO3. The minimum atomic E-state index is -0.739. The lowest BCUT2D eigenvalue weighted by Crippen LogP contribution is -2.45. The highest BCUT2D eigenvalue weighted by molar-refractivity contribution is 5.28. The first-order chi connectivity index (χ1) is 9.14. The van der Waals surface area contributed by atoms with Crippen LogP contribution in [0.3, 0.4) is 0 Å². The first kappa shape index (κ1) is 14.3. The van der Waals surface area contributed by atoms with Gasteiger partial charge in [-0.15, -0.1) is 0 Å². The van der Waals surface area contributed by atoms with Crippen LogP contribution in [-0.2, 0) is 11.3 Å². The van der Waals surface area contributed by atoms with Gasteiger partial charge in [0, 0.05) is 26.1 Å². The average molecular weight is 265 g/mol. The zero-order valence-corrected chi connectivity index (χ0v) is 11.7. The molecule has 0 bridgehead atoms. The van der Waals surface area contributed by atoms with E-state index in [1.807, 2.05) is 38.1 Å². The first-order valence-electron chi connectivity index (χ1n) is 6.90. The molecule has 4 heteroatoms. The van der Waals surface area contributed by atoms with E-state index in [0.29, 0.717) is 26.2 Å². The Morgan fingerprint density at radius 2 is 2.37 bits per heavy atom. The van der Waals surface area contributed by atoms with E-state index in [-0.39, 0.29) is 6.10 Å². The molecule has 0 aliphatic carbocycles. The minimum absolute atomic E-state index is 0.102. The summed E-state index contributed by atoms with van der Waals surface area (Å²) >= 11 is 0. The summed E-state index contributed by atoms with van der Waals surface area (Å²) in [5.41, 5.74) is 0.415. The number of rotatable bonds is 6. The number of hydrogen-bond acceptors (Lipinski definition) is 4. The Bertz CT molecular complexity index is 410. The minimum Gasteiger partial charge on any atom is -0.494 e. The molecule has 1 fully saturated rings. The Balaban J connectivity index is 1.84. The molecule has 2 atom stereocenters. The maximum atomic E-state index is 10.4. The number of ether oxygens (including phenoxy) is 2. The summed E-state index contributed by atoms with van der Waals surface area (Å²) in [6.07, 6.45) is 0.593. The highest BCUT2D eigenvalue weighted by atomic mass is 16.5. The van der Waals surface area contributed by atoms with Gasteiger partial charge in [-0.05, 0) is 31.5 Å². The summed E-state index contributed by atoms with van der Waals surface area (Å²) in [5, 5.41) is 13.7. The molecule has 0 amide bonds. The van der Waals surface area contributed by atoms with E-state index >= 15 is 0 Å². The van der Waals surface area contributed by atoms with E-state index in [0.717, 1.165) is 17.9 Å². The van der Waals surface area contributed by atoms with Crippen LogP contribution in [0.25, 0.3) is 0 Å². The van der Waals surface area contributed by atoms with E-state index < -0.39 is 5.60 Å². The van der Waals surface area contributed by atoms with E-state index in [1.54, 1.807) is 0 Å². The SMILES string of the molecule is CCOc1cccc(CNCC2(O)CCOC2C)c1. The maximum Gasteiger partial charge on any atom is 0.119 e. The topological polar surface area (TPSA) is 50.7 Å². The van der Waals surface area contributed by atoms with Gasteiger partial charge in [-0.2, -0.15) is 0 Å². The van der Waals surface area contributed by atoms with Gasteiger partial charge in [-0.3, -0.25) is 0 Å².